The Kier molecular flexibility index (Phi) is 7.36. The van der Waals surface area contributed by atoms with Crippen molar-refractivity contribution < 1.29 is 28.6 Å². The third kappa shape index (κ3) is 5.46. The Hall–Kier alpha value is -3.26. The van der Waals surface area contributed by atoms with Crippen LogP contribution in [0.15, 0.2) is 42.5 Å². The Balaban J connectivity index is 1.86. The molecule has 2 aromatic carbocycles. The van der Waals surface area contributed by atoms with E-state index in [0.717, 1.165) is 12.8 Å². The molecule has 2 aromatic rings. The van der Waals surface area contributed by atoms with Gasteiger partial charge in [-0.25, -0.2) is 4.79 Å². The van der Waals surface area contributed by atoms with Crippen molar-refractivity contribution in [2.24, 2.45) is 5.73 Å². The first kappa shape index (κ1) is 22.4. The van der Waals surface area contributed by atoms with Crippen molar-refractivity contribution >= 4 is 29.4 Å². The van der Waals surface area contributed by atoms with Gasteiger partial charge in [-0.3, -0.25) is 9.59 Å². The van der Waals surface area contributed by atoms with Crippen molar-refractivity contribution in [1.82, 2.24) is 4.90 Å². The van der Waals surface area contributed by atoms with Crippen LogP contribution in [0.2, 0.25) is 5.02 Å². The maximum atomic E-state index is 13.0. The van der Waals surface area contributed by atoms with Gasteiger partial charge < -0.3 is 24.8 Å². The topological polar surface area (TPSA) is 108 Å². The number of ether oxygens (including phenoxy) is 3. The van der Waals surface area contributed by atoms with Crippen molar-refractivity contribution in [3.05, 3.63) is 58.6 Å². The number of primary amides is 1. The van der Waals surface area contributed by atoms with Gasteiger partial charge in [0.05, 0.1) is 17.7 Å². The number of benzene rings is 2. The molecule has 0 spiro atoms. The zero-order valence-corrected chi connectivity index (χ0v) is 17.8. The van der Waals surface area contributed by atoms with E-state index in [1.165, 1.54) is 19.2 Å². The fourth-order valence-corrected chi connectivity index (χ4v) is 3.55. The van der Waals surface area contributed by atoms with E-state index in [1.807, 2.05) is 6.07 Å². The maximum Gasteiger partial charge on any atom is 0.339 e. The highest BCUT2D eigenvalue weighted by molar-refractivity contribution is 6.32. The number of methoxy groups -OCH3 is 1. The van der Waals surface area contributed by atoms with Crippen LogP contribution in [0.25, 0.3) is 0 Å². The Labute approximate surface area is 184 Å². The molecule has 1 heterocycles. The number of likely N-dealkylation sites (tertiary alicyclic amines) is 1. The van der Waals surface area contributed by atoms with Crippen LogP contribution >= 0.6 is 11.6 Å². The maximum absolute atomic E-state index is 13.0. The Bertz CT molecular complexity index is 960. The summed E-state index contributed by atoms with van der Waals surface area (Å²) in [4.78, 5) is 38.6. The Morgan fingerprint density at radius 1 is 1.13 bits per heavy atom. The van der Waals surface area contributed by atoms with Crippen LogP contribution in [-0.4, -0.2) is 49.5 Å². The van der Waals surface area contributed by atoms with Gasteiger partial charge in [0.15, 0.2) is 18.1 Å². The summed E-state index contributed by atoms with van der Waals surface area (Å²) in [7, 11) is 1.36. The SMILES string of the molecule is COc1cc(C(=O)OC(C(=O)N2CCCC2)c2ccccc2)cc(Cl)c1OCC(N)=O. The van der Waals surface area contributed by atoms with Crippen molar-refractivity contribution in [3.8, 4) is 11.5 Å². The number of hydrogen-bond donors (Lipinski definition) is 1. The monoisotopic (exact) mass is 446 g/mol. The van der Waals surface area contributed by atoms with E-state index in [4.69, 9.17) is 31.5 Å². The van der Waals surface area contributed by atoms with Gasteiger partial charge in [-0.05, 0) is 25.0 Å². The van der Waals surface area contributed by atoms with E-state index < -0.39 is 24.6 Å². The fourth-order valence-electron chi connectivity index (χ4n) is 3.29. The van der Waals surface area contributed by atoms with Gasteiger partial charge in [-0.1, -0.05) is 41.9 Å². The molecule has 1 saturated heterocycles. The molecule has 31 heavy (non-hydrogen) atoms. The van der Waals surface area contributed by atoms with E-state index in [1.54, 1.807) is 29.2 Å². The minimum Gasteiger partial charge on any atom is -0.493 e. The molecule has 1 atom stereocenters. The van der Waals surface area contributed by atoms with E-state index >= 15 is 0 Å². The summed E-state index contributed by atoms with van der Waals surface area (Å²) >= 11 is 6.22. The normalized spacial score (nSPS) is 14.1. The lowest BCUT2D eigenvalue weighted by molar-refractivity contribution is -0.140. The third-order valence-electron chi connectivity index (χ3n) is 4.79. The summed E-state index contributed by atoms with van der Waals surface area (Å²) in [6.45, 7) is 0.858. The van der Waals surface area contributed by atoms with Crippen LogP contribution in [0.1, 0.15) is 34.9 Å². The molecule has 9 heteroatoms. The van der Waals surface area contributed by atoms with Crippen molar-refractivity contribution in [2.45, 2.75) is 18.9 Å². The number of esters is 1. The predicted molar refractivity (Wildman–Crippen MR) is 113 cm³/mol. The Morgan fingerprint density at radius 3 is 2.42 bits per heavy atom. The first-order valence-corrected chi connectivity index (χ1v) is 10.1. The molecular weight excluding hydrogens is 424 g/mol. The lowest BCUT2D eigenvalue weighted by atomic mass is 10.1. The summed E-state index contributed by atoms with van der Waals surface area (Å²) in [6.07, 6.45) is 0.754. The van der Waals surface area contributed by atoms with Gasteiger partial charge in [0.2, 0.25) is 6.10 Å². The molecule has 0 radical (unpaired) electrons. The number of nitrogens with two attached hydrogens (primary N) is 1. The highest BCUT2D eigenvalue weighted by Crippen LogP contribution is 2.37. The summed E-state index contributed by atoms with van der Waals surface area (Å²) in [5, 5.41) is 0.0367. The molecule has 0 saturated carbocycles. The molecule has 1 fully saturated rings. The number of carbonyl (C=O) groups excluding carboxylic acids is 3. The average molecular weight is 447 g/mol. The van der Waals surface area contributed by atoms with Gasteiger partial charge in [-0.2, -0.15) is 0 Å². The first-order valence-electron chi connectivity index (χ1n) is 9.74. The molecule has 2 N–H and O–H groups in total. The Morgan fingerprint density at radius 2 is 1.81 bits per heavy atom. The van der Waals surface area contributed by atoms with Crippen LogP contribution in [0.5, 0.6) is 11.5 Å². The summed E-state index contributed by atoms with van der Waals surface area (Å²) in [5.74, 6) is -1.50. The number of nitrogens with zero attached hydrogens (tertiary/aromatic N) is 1. The highest BCUT2D eigenvalue weighted by Gasteiger charge is 2.31. The van der Waals surface area contributed by atoms with Crippen LogP contribution in [-0.2, 0) is 14.3 Å². The molecule has 0 aliphatic carbocycles. The lowest BCUT2D eigenvalue weighted by Gasteiger charge is -2.23. The molecule has 1 aliphatic heterocycles. The van der Waals surface area contributed by atoms with Crippen LogP contribution < -0.4 is 15.2 Å². The molecule has 2 amide bonds. The lowest BCUT2D eigenvalue weighted by Crippen LogP contribution is -2.34. The third-order valence-corrected chi connectivity index (χ3v) is 5.07. The minimum absolute atomic E-state index is 0.0367. The molecule has 3 rings (SSSR count). The summed E-state index contributed by atoms with van der Waals surface area (Å²) < 4.78 is 16.1. The second kappa shape index (κ2) is 10.2. The van der Waals surface area contributed by atoms with Gasteiger partial charge in [0.25, 0.3) is 11.8 Å². The minimum atomic E-state index is -1.08. The summed E-state index contributed by atoms with van der Waals surface area (Å²) in [6, 6.07) is 11.5. The first-order chi connectivity index (χ1) is 14.9. The number of halogens is 1. The fraction of sp³-hybridized carbons (Fsp3) is 0.318. The number of hydrogen-bond acceptors (Lipinski definition) is 6. The largest absolute Gasteiger partial charge is 0.493 e. The predicted octanol–water partition coefficient (Wildman–Crippen LogP) is 2.73. The molecule has 0 bridgehead atoms. The second-order valence-corrected chi connectivity index (χ2v) is 7.38. The second-order valence-electron chi connectivity index (χ2n) is 6.97. The quantitative estimate of drug-likeness (QED) is 0.624. The standard InChI is InChI=1S/C22H23ClN2O6/c1-29-17-12-15(11-16(23)20(17)30-13-18(24)26)22(28)31-19(14-7-3-2-4-8-14)21(27)25-9-5-6-10-25/h2-4,7-8,11-12,19H,5-6,9-10,13H2,1H3,(H2,24,26). The highest BCUT2D eigenvalue weighted by atomic mass is 35.5. The smallest absolute Gasteiger partial charge is 0.339 e. The molecule has 0 aromatic heterocycles. The van der Waals surface area contributed by atoms with Crippen molar-refractivity contribution in [3.63, 3.8) is 0 Å². The molecular formula is C22H23ClN2O6. The van der Waals surface area contributed by atoms with Crippen LogP contribution in [0, 0.1) is 0 Å². The van der Waals surface area contributed by atoms with Crippen LogP contribution in [0.4, 0.5) is 0 Å². The van der Waals surface area contributed by atoms with Gasteiger partial charge >= 0.3 is 5.97 Å². The van der Waals surface area contributed by atoms with E-state index in [-0.39, 0.29) is 28.0 Å². The van der Waals surface area contributed by atoms with Gasteiger partial charge in [0.1, 0.15) is 0 Å². The van der Waals surface area contributed by atoms with Crippen molar-refractivity contribution in [2.75, 3.05) is 26.8 Å². The zero-order chi connectivity index (χ0) is 22.4. The summed E-state index contributed by atoms with van der Waals surface area (Å²) in [5.41, 5.74) is 5.74. The molecule has 8 nitrogen and oxygen atoms in total. The van der Waals surface area contributed by atoms with Crippen molar-refractivity contribution in [1.29, 1.82) is 0 Å². The number of carbonyl (C=O) groups is 3. The molecule has 1 aliphatic rings. The van der Waals surface area contributed by atoms with Gasteiger partial charge in [0, 0.05) is 18.7 Å². The van der Waals surface area contributed by atoms with Crippen LogP contribution in [0.3, 0.4) is 0 Å². The molecule has 1 unspecified atom stereocenters. The number of amides is 2. The van der Waals surface area contributed by atoms with E-state index in [9.17, 15) is 14.4 Å². The average Bonchev–Trinajstić information content (AvgIpc) is 3.31. The number of rotatable bonds is 8. The van der Waals surface area contributed by atoms with Gasteiger partial charge in [-0.15, -0.1) is 0 Å². The zero-order valence-electron chi connectivity index (χ0n) is 17.0. The van der Waals surface area contributed by atoms with E-state index in [2.05, 4.69) is 0 Å². The molecule has 164 valence electrons. The van der Waals surface area contributed by atoms with E-state index in [0.29, 0.717) is 18.7 Å².